The molecule has 6 rings (SSSR count). The summed E-state index contributed by atoms with van der Waals surface area (Å²) in [5.41, 5.74) is 5.63. The number of hydrogen-bond acceptors (Lipinski definition) is 6. The largest absolute Gasteiger partial charge is 0.369 e. The quantitative estimate of drug-likeness (QED) is 0.649. The number of carbonyl (C=O) groups is 1. The fraction of sp³-hybridized carbons (Fsp3) is 0.423. The van der Waals surface area contributed by atoms with Crippen molar-refractivity contribution in [1.29, 1.82) is 0 Å². The standard InChI is InChI=1S/C26H31N7O/c1-30-18-21(16-28-30)20-5-7-22(8-6-20)32-12-10-31(11-13-32)17-19-14-23-25(27-15-19)33-9-3-2-4-24(33)26(34)29-23/h5-8,14-16,18,24H,2-4,9-13,17H2,1H3,(H,29,34)/t24-/m0/s1. The molecule has 3 aromatic rings. The van der Waals surface area contributed by atoms with E-state index in [1.54, 1.807) is 0 Å². The minimum atomic E-state index is -0.0499. The molecule has 2 saturated heterocycles. The van der Waals surface area contributed by atoms with Crippen LogP contribution in [0.2, 0.25) is 0 Å². The van der Waals surface area contributed by atoms with Crippen LogP contribution in [-0.2, 0) is 18.4 Å². The molecule has 3 aliphatic rings. The fourth-order valence-corrected chi connectivity index (χ4v) is 5.44. The number of aryl methyl sites for hydroxylation is 1. The van der Waals surface area contributed by atoms with E-state index in [0.29, 0.717) is 0 Å². The summed E-state index contributed by atoms with van der Waals surface area (Å²) in [4.78, 5) is 24.4. The summed E-state index contributed by atoms with van der Waals surface area (Å²) in [6.45, 7) is 5.77. The second-order valence-corrected chi connectivity index (χ2v) is 9.62. The Morgan fingerprint density at radius 2 is 1.82 bits per heavy atom. The van der Waals surface area contributed by atoms with Crippen molar-refractivity contribution in [2.75, 3.05) is 47.8 Å². The maximum absolute atomic E-state index is 12.6. The molecule has 1 amide bonds. The Morgan fingerprint density at radius 1 is 1.00 bits per heavy atom. The summed E-state index contributed by atoms with van der Waals surface area (Å²) in [6, 6.07) is 10.8. The summed E-state index contributed by atoms with van der Waals surface area (Å²) in [7, 11) is 1.94. The number of rotatable bonds is 4. The van der Waals surface area contributed by atoms with Gasteiger partial charge in [0.2, 0.25) is 5.91 Å². The highest BCUT2D eigenvalue weighted by Gasteiger charge is 2.35. The van der Waals surface area contributed by atoms with Crippen molar-refractivity contribution in [3.8, 4) is 11.1 Å². The third-order valence-electron chi connectivity index (χ3n) is 7.31. The van der Waals surface area contributed by atoms with Crippen LogP contribution < -0.4 is 15.1 Å². The number of piperidine rings is 1. The number of anilines is 3. The van der Waals surface area contributed by atoms with Crippen molar-refractivity contribution in [3.05, 3.63) is 54.5 Å². The van der Waals surface area contributed by atoms with Crippen LogP contribution in [0.25, 0.3) is 11.1 Å². The van der Waals surface area contributed by atoms with E-state index in [9.17, 15) is 4.79 Å². The van der Waals surface area contributed by atoms with Gasteiger partial charge in [-0.3, -0.25) is 14.4 Å². The molecule has 1 atom stereocenters. The number of nitrogens with one attached hydrogen (secondary N) is 1. The predicted octanol–water partition coefficient (Wildman–Crippen LogP) is 3.12. The van der Waals surface area contributed by atoms with Gasteiger partial charge in [0.1, 0.15) is 6.04 Å². The SMILES string of the molecule is Cn1cc(-c2ccc(N3CCN(Cc4cnc5c(c4)NC(=O)[C@@H]4CCCCN54)CC3)cc2)cn1. The molecule has 3 aliphatic heterocycles. The van der Waals surface area contributed by atoms with Gasteiger partial charge in [-0.05, 0) is 48.6 Å². The van der Waals surface area contributed by atoms with Gasteiger partial charge >= 0.3 is 0 Å². The first-order valence-corrected chi connectivity index (χ1v) is 12.3. The molecule has 2 fully saturated rings. The van der Waals surface area contributed by atoms with E-state index in [4.69, 9.17) is 4.98 Å². The molecule has 34 heavy (non-hydrogen) atoms. The highest BCUT2D eigenvalue weighted by molar-refractivity contribution is 6.02. The van der Waals surface area contributed by atoms with Gasteiger partial charge in [-0.25, -0.2) is 4.98 Å². The third kappa shape index (κ3) is 4.03. The molecule has 176 valence electrons. The Kier molecular flexibility index (Phi) is 5.45. The molecule has 0 unspecified atom stereocenters. The van der Waals surface area contributed by atoms with Crippen LogP contribution >= 0.6 is 0 Å². The Hall–Kier alpha value is -3.39. The van der Waals surface area contributed by atoms with E-state index < -0.39 is 0 Å². The third-order valence-corrected chi connectivity index (χ3v) is 7.31. The monoisotopic (exact) mass is 457 g/mol. The van der Waals surface area contributed by atoms with Crippen LogP contribution in [0.1, 0.15) is 24.8 Å². The second kappa shape index (κ2) is 8.76. The zero-order valence-electron chi connectivity index (χ0n) is 19.7. The van der Waals surface area contributed by atoms with E-state index in [-0.39, 0.29) is 11.9 Å². The molecule has 0 bridgehead atoms. The molecule has 2 aromatic heterocycles. The van der Waals surface area contributed by atoms with Crippen molar-refractivity contribution >= 4 is 23.1 Å². The number of benzene rings is 1. The molecule has 1 aromatic carbocycles. The van der Waals surface area contributed by atoms with E-state index >= 15 is 0 Å². The minimum Gasteiger partial charge on any atom is -0.369 e. The van der Waals surface area contributed by atoms with Gasteiger partial charge in [0, 0.05) is 70.0 Å². The number of piperazine rings is 1. The van der Waals surface area contributed by atoms with Gasteiger partial charge in [0.15, 0.2) is 5.82 Å². The summed E-state index contributed by atoms with van der Waals surface area (Å²) in [6.07, 6.45) is 9.10. The van der Waals surface area contributed by atoms with Crippen molar-refractivity contribution < 1.29 is 4.79 Å². The second-order valence-electron chi connectivity index (χ2n) is 9.62. The fourth-order valence-electron chi connectivity index (χ4n) is 5.44. The Labute approximate surface area is 200 Å². The first-order chi connectivity index (χ1) is 16.6. The van der Waals surface area contributed by atoms with Gasteiger partial charge < -0.3 is 15.1 Å². The van der Waals surface area contributed by atoms with Crippen LogP contribution in [0, 0.1) is 0 Å². The van der Waals surface area contributed by atoms with Gasteiger partial charge in [-0.2, -0.15) is 5.10 Å². The number of pyridine rings is 1. The molecule has 1 N–H and O–H groups in total. The smallest absolute Gasteiger partial charge is 0.247 e. The Bertz CT molecular complexity index is 1180. The number of amides is 1. The van der Waals surface area contributed by atoms with E-state index in [2.05, 4.69) is 55.4 Å². The zero-order chi connectivity index (χ0) is 23.1. The lowest BCUT2D eigenvalue weighted by molar-refractivity contribution is -0.118. The Balaban J connectivity index is 1.08. The molecule has 0 radical (unpaired) electrons. The van der Waals surface area contributed by atoms with Gasteiger partial charge in [0.05, 0.1) is 11.9 Å². The molecule has 0 saturated carbocycles. The average Bonchev–Trinajstić information content (AvgIpc) is 3.31. The lowest BCUT2D eigenvalue weighted by Gasteiger charge is -2.40. The molecular formula is C26H31N7O. The molecular weight excluding hydrogens is 426 g/mol. The van der Waals surface area contributed by atoms with Crippen molar-refractivity contribution in [2.24, 2.45) is 7.05 Å². The maximum atomic E-state index is 12.6. The number of carbonyl (C=O) groups excluding carboxylic acids is 1. The normalized spacial score (nSPS) is 20.6. The van der Waals surface area contributed by atoms with Gasteiger partial charge in [0.25, 0.3) is 0 Å². The van der Waals surface area contributed by atoms with E-state index in [1.165, 1.54) is 11.3 Å². The van der Waals surface area contributed by atoms with Crippen LogP contribution in [0.3, 0.4) is 0 Å². The van der Waals surface area contributed by atoms with Crippen molar-refractivity contribution in [3.63, 3.8) is 0 Å². The predicted molar refractivity (Wildman–Crippen MR) is 134 cm³/mol. The average molecular weight is 458 g/mol. The highest BCUT2D eigenvalue weighted by Crippen LogP contribution is 2.35. The van der Waals surface area contributed by atoms with Crippen LogP contribution in [0.4, 0.5) is 17.2 Å². The van der Waals surface area contributed by atoms with Crippen molar-refractivity contribution in [1.82, 2.24) is 19.7 Å². The van der Waals surface area contributed by atoms with E-state index in [0.717, 1.165) is 81.2 Å². The van der Waals surface area contributed by atoms with Crippen LogP contribution in [-0.4, -0.2) is 64.3 Å². The summed E-state index contributed by atoms with van der Waals surface area (Å²) in [5.74, 6) is 1.06. The first-order valence-electron chi connectivity index (χ1n) is 12.3. The molecule has 0 aliphatic carbocycles. The number of hydrogen-bond donors (Lipinski definition) is 1. The van der Waals surface area contributed by atoms with Crippen LogP contribution in [0.5, 0.6) is 0 Å². The maximum Gasteiger partial charge on any atom is 0.247 e. The van der Waals surface area contributed by atoms with Crippen LogP contribution in [0.15, 0.2) is 48.9 Å². The highest BCUT2D eigenvalue weighted by atomic mass is 16.2. The lowest BCUT2D eigenvalue weighted by atomic mass is 9.99. The molecule has 8 nitrogen and oxygen atoms in total. The van der Waals surface area contributed by atoms with Crippen molar-refractivity contribution in [2.45, 2.75) is 31.8 Å². The molecule has 5 heterocycles. The number of nitrogens with zero attached hydrogens (tertiary/aromatic N) is 6. The topological polar surface area (TPSA) is 69.5 Å². The minimum absolute atomic E-state index is 0.0499. The Morgan fingerprint density at radius 3 is 2.59 bits per heavy atom. The number of aromatic nitrogens is 3. The van der Waals surface area contributed by atoms with E-state index in [1.807, 2.05) is 30.3 Å². The lowest BCUT2D eigenvalue weighted by Crippen LogP contribution is -2.51. The summed E-state index contributed by atoms with van der Waals surface area (Å²) >= 11 is 0. The zero-order valence-corrected chi connectivity index (χ0v) is 19.7. The summed E-state index contributed by atoms with van der Waals surface area (Å²) in [5, 5.41) is 7.37. The molecule has 0 spiro atoms. The first kappa shape index (κ1) is 21.2. The molecule has 8 heteroatoms. The number of fused-ring (bicyclic) bond motifs is 3. The summed E-state index contributed by atoms with van der Waals surface area (Å²) < 4.78 is 1.83. The van der Waals surface area contributed by atoms with Gasteiger partial charge in [-0.15, -0.1) is 0 Å². The van der Waals surface area contributed by atoms with Gasteiger partial charge in [-0.1, -0.05) is 12.1 Å².